The van der Waals surface area contributed by atoms with E-state index in [2.05, 4.69) is 32.0 Å². The highest BCUT2D eigenvalue weighted by Crippen LogP contribution is 2.12. The molecule has 1 N–H and O–H groups in total. The minimum Gasteiger partial charge on any atom is -0.348 e. The molecule has 0 bridgehead atoms. The Kier molecular flexibility index (Phi) is 5.83. The fourth-order valence-corrected chi connectivity index (χ4v) is 2.88. The number of nitrogens with zero attached hydrogens (tertiary/aromatic N) is 4. The quantitative estimate of drug-likeness (QED) is 0.886. The van der Waals surface area contributed by atoms with Gasteiger partial charge in [-0.15, -0.1) is 0 Å². The van der Waals surface area contributed by atoms with Gasteiger partial charge in [0.1, 0.15) is 0 Å². The molecule has 1 fully saturated rings. The van der Waals surface area contributed by atoms with E-state index in [9.17, 15) is 4.79 Å². The number of carbonyl (C=O) groups is 1. The number of carbonyl (C=O) groups excluding carboxylic acids is 1. The fourth-order valence-electron chi connectivity index (χ4n) is 2.75. The Morgan fingerprint density at radius 1 is 1.12 bits per heavy atom. The molecule has 0 unspecified atom stereocenters. The van der Waals surface area contributed by atoms with Gasteiger partial charge in [-0.1, -0.05) is 30.7 Å². The Morgan fingerprint density at radius 3 is 2.36 bits per heavy atom. The lowest BCUT2D eigenvalue weighted by Gasteiger charge is -2.33. The smallest absolute Gasteiger partial charge is 0.254 e. The van der Waals surface area contributed by atoms with Crippen LogP contribution in [0.1, 0.15) is 22.8 Å². The summed E-state index contributed by atoms with van der Waals surface area (Å²) in [4.78, 5) is 25.5. The van der Waals surface area contributed by atoms with Crippen molar-refractivity contribution in [2.45, 2.75) is 13.5 Å². The predicted octanol–water partition coefficient (Wildman–Crippen LogP) is 2.20. The van der Waals surface area contributed by atoms with Crippen molar-refractivity contribution in [1.29, 1.82) is 0 Å². The Morgan fingerprint density at radius 2 is 1.76 bits per heavy atom. The van der Waals surface area contributed by atoms with Gasteiger partial charge in [0.05, 0.1) is 5.56 Å². The van der Waals surface area contributed by atoms with Crippen LogP contribution in [-0.4, -0.2) is 53.5 Å². The summed E-state index contributed by atoms with van der Waals surface area (Å²) < 4.78 is 0. The van der Waals surface area contributed by atoms with Crippen molar-refractivity contribution in [2.24, 2.45) is 0 Å². The van der Waals surface area contributed by atoms with Crippen molar-refractivity contribution in [3.8, 4) is 0 Å². The molecule has 1 amide bonds. The van der Waals surface area contributed by atoms with E-state index in [0.717, 1.165) is 38.3 Å². The number of benzene rings is 1. The van der Waals surface area contributed by atoms with Crippen LogP contribution in [0.15, 0.2) is 36.7 Å². The Labute approximate surface area is 152 Å². The molecular formula is C18H22ClN5O. The van der Waals surface area contributed by atoms with E-state index in [1.54, 1.807) is 24.5 Å². The minimum atomic E-state index is -0.183. The highest BCUT2D eigenvalue weighted by Gasteiger charge is 2.18. The second kappa shape index (κ2) is 8.27. The van der Waals surface area contributed by atoms with Crippen molar-refractivity contribution in [3.63, 3.8) is 0 Å². The average molecular weight is 360 g/mol. The maximum absolute atomic E-state index is 12.2. The van der Waals surface area contributed by atoms with Crippen LogP contribution >= 0.6 is 11.6 Å². The first-order valence-corrected chi connectivity index (χ1v) is 8.85. The first-order chi connectivity index (χ1) is 12.2. The molecule has 1 aliphatic heterocycles. The third-order valence-corrected chi connectivity index (χ3v) is 4.62. The van der Waals surface area contributed by atoms with Crippen LogP contribution in [0.5, 0.6) is 0 Å². The molecule has 2 heterocycles. The summed E-state index contributed by atoms with van der Waals surface area (Å²) in [5.74, 6) is 0.502. The van der Waals surface area contributed by atoms with Crippen molar-refractivity contribution >= 4 is 23.5 Å². The second-order valence-corrected chi connectivity index (χ2v) is 6.44. The van der Waals surface area contributed by atoms with Crippen LogP contribution in [-0.2, 0) is 6.54 Å². The number of anilines is 1. The van der Waals surface area contributed by atoms with Gasteiger partial charge >= 0.3 is 0 Å². The number of hydrogen-bond donors (Lipinski definition) is 1. The first-order valence-electron chi connectivity index (χ1n) is 8.47. The molecule has 3 rings (SSSR count). The van der Waals surface area contributed by atoms with E-state index < -0.39 is 0 Å². The monoisotopic (exact) mass is 359 g/mol. The maximum atomic E-state index is 12.2. The van der Waals surface area contributed by atoms with Gasteiger partial charge in [-0.2, -0.15) is 0 Å². The molecule has 1 aromatic carbocycles. The SMILES string of the molecule is CCN1CCN(c2ncc(C(=O)NCc3ccc(Cl)cc3)cn2)CC1. The van der Waals surface area contributed by atoms with Crippen LogP contribution < -0.4 is 10.2 Å². The van der Waals surface area contributed by atoms with Crippen LogP contribution in [0.25, 0.3) is 0 Å². The van der Waals surface area contributed by atoms with E-state index in [1.807, 2.05) is 12.1 Å². The van der Waals surface area contributed by atoms with Crippen molar-refractivity contribution in [3.05, 3.63) is 52.8 Å². The number of piperazine rings is 1. The van der Waals surface area contributed by atoms with E-state index in [1.165, 1.54) is 0 Å². The molecular weight excluding hydrogens is 338 g/mol. The molecule has 1 aliphatic rings. The number of halogens is 1. The van der Waals surface area contributed by atoms with E-state index in [4.69, 9.17) is 11.6 Å². The lowest BCUT2D eigenvalue weighted by molar-refractivity contribution is 0.0950. The lowest BCUT2D eigenvalue weighted by Crippen LogP contribution is -2.46. The largest absolute Gasteiger partial charge is 0.348 e. The van der Waals surface area contributed by atoms with Gasteiger partial charge in [-0.05, 0) is 24.2 Å². The Bertz CT molecular complexity index is 696. The zero-order chi connectivity index (χ0) is 17.6. The molecule has 0 atom stereocenters. The molecule has 0 spiro atoms. The molecule has 1 aromatic heterocycles. The van der Waals surface area contributed by atoms with Gasteiger partial charge < -0.3 is 15.1 Å². The third kappa shape index (κ3) is 4.67. The van der Waals surface area contributed by atoms with E-state index >= 15 is 0 Å². The number of rotatable bonds is 5. The molecule has 2 aromatic rings. The molecule has 25 heavy (non-hydrogen) atoms. The van der Waals surface area contributed by atoms with Crippen LogP contribution in [0.4, 0.5) is 5.95 Å². The summed E-state index contributed by atoms with van der Waals surface area (Å²) in [6.45, 7) is 7.54. The normalized spacial score (nSPS) is 15.2. The molecule has 1 saturated heterocycles. The predicted molar refractivity (Wildman–Crippen MR) is 99.0 cm³/mol. The van der Waals surface area contributed by atoms with Gasteiger partial charge in [0, 0.05) is 50.1 Å². The average Bonchev–Trinajstić information content (AvgIpc) is 2.67. The number of likely N-dealkylation sites (N-methyl/N-ethyl adjacent to an activating group) is 1. The maximum Gasteiger partial charge on any atom is 0.254 e. The number of amides is 1. The van der Waals surface area contributed by atoms with Crippen molar-refractivity contribution in [2.75, 3.05) is 37.6 Å². The van der Waals surface area contributed by atoms with Crippen LogP contribution in [0.2, 0.25) is 5.02 Å². The zero-order valence-corrected chi connectivity index (χ0v) is 15.0. The molecule has 132 valence electrons. The molecule has 0 saturated carbocycles. The molecule has 6 nitrogen and oxygen atoms in total. The fraction of sp³-hybridized carbons (Fsp3) is 0.389. The molecule has 0 radical (unpaired) electrons. The zero-order valence-electron chi connectivity index (χ0n) is 14.3. The second-order valence-electron chi connectivity index (χ2n) is 6.00. The molecule has 0 aliphatic carbocycles. The van der Waals surface area contributed by atoms with Crippen molar-refractivity contribution < 1.29 is 4.79 Å². The lowest BCUT2D eigenvalue weighted by atomic mass is 10.2. The third-order valence-electron chi connectivity index (χ3n) is 4.37. The summed E-state index contributed by atoms with van der Waals surface area (Å²) in [5, 5.41) is 3.54. The summed E-state index contributed by atoms with van der Waals surface area (Å²) in [7, 11) is 0. The number of aromatic nitrogens is 2. The van der Waals surface area contributed by atoms with Gasteiger partial charge in [0.15, 0.2) is 0 Å². The topological polar surface area (TPSA) is 61.4 Å². The Balaban J connectivity index is 1.54. The number of nitrogens with one attached hydrogen (secondary N) is 1. The first kappa shape index (κ1) is 17.6. The molecule has 7 heteroatoms. The minimum absolute atomic E-state index is 0.183. The van der Waals surface area contributed by atoms with Crippen LogP contribution in [0.3, 0.4) is 0 Å². The van der Waals surface area contributed by atoms with Crippen molar-refractivity contribution in [1.82, 2.24) is 20.2 Å². The van der Waals surface area contributed by atoms with Gasteiger partial charge in [0.2, 0.25) is 5.95 Å². The van der Waals surface area contributed by atoms with E-state index in [-0.39, 0.29) is 5.91 Å². The van der Waals surface area contributed by atoms with Crippen LogP contribution in [0, 0.1) is 0 Å². The van der Waals surface area contributed by atoms with Gasteiger partial charge in [0.25, 0.3) is 5.91 Å². The van der Waals surface area contributed by atoms with Gasteiger partial charge in [-0.3, -0.25) is 4.79 Å². The Hall–Kier alpha value is -2.18. The summed E-state index contributed by atoms with van der Waals surface area (Å²) >= 11 is 5.85. The highest BCUT2D eigenvalue weighted by molar-refractivity contribution is 6.30. The number of hydrogen-bond acceptors (Lipinski definition) is 5. The highest BCUT2D eigenvalue weighted by atomic mass is 35.5. The summed E-state index contributed by atoms with van der Waals surface area (Å²) in [6.07, 6.45) is 3.18. The standard InChI is InChI=1S/C18H22ClN5O/c1-2-23-7-9-24(10-8-23)18-21-12-15(13-22-18)17(25)20-11-14-3-5-16(19)6-4-14/h3-6,12-13H,2,7-11H2,1H3,(H,20,25). The summed E-state index contributed by atoms with van der Waals surface area (Å²) in [6, 6.07) is 7.38. The van der Waals surface area contributed by atoms with E-state index in [0.29, 0.717) is 23.1 Å². The summed E-state index contributed by atoms with van der Waals surface area (Å²) in [5.41, 5.74) is 1.45. The van der Waals surface area contributed by atoms with Gasteiger partial charge in [-0.25, -0.2) is 9.97 Å².